The molecule has 0 bridgehead atoms. The lowest BCUT2D eigenvalue weighted by Crippen LogP contribution is -2.41. The van der Waals surface area contributed by atoms with Gasteiger partial charge in [-0.3, -0.25) is 4.79 Å². The van der Waals surface area contributed by atoms with E-state index in [9.17, 15) is 4.79 Å². The summed E-state index contributed by atoms with van der Waals surface area (Å²) in [6, 6.07) is 5.18. The number of ketones is 1. The summed E-state index contributed by atoms with van der Waals surface area (Å²) in [5.41, 5.74) is 6.82. The highest BCUT2D eigenvalue weighted by atomic mass is 16.3. The topological polar surface area (TPSA) is 69.1 Å². The van der Waals surface area contributed by atoms with Gasteiger partial charge in [-0.15, -0.1) is 0 Å². The van der Waals surface area contributed by atoms with E-state index in [0.29, 0.717) is 17.0 Å². The number of aryl methyl sites for hydroxylation is 1. The standard InChI is InChI=1S/C12H14N2O2/c1-7-14-9-5-4-8(6-10(9)16-7)11(15)12(2,3)13/h4-6H,13H2,1-3H3. The lowest BCUT2D eigenvalue weighted by molar-refractivity contribution is 0.0913. The van der Waals surface area contributed by atoms with Crippen LogP contribution >= 0.6 is 0 Å². The molecule has 0 atom stereocenters. The van der Waals surface area contributed by atoms with Crippen LogP contribution in [0.4, 0.5) is 0 Å². The summed E-state index contributed by atoms with van der Waals surface area (Å²) in [6.07, 6.45) is 0. The van der Waals surface area contributed by atoms with Crippen LogP contribution in [0.1, 0.15) is 30.1 Å². The number of carbonyl (C=O) groups excluding carboxylic acids is 1. The molecule has 0 aliphatic rings. The van der Waals surface area contributed by atoms with Gasteiger partial charge in [0, 0.05) is 12.5 Å². The lowest BCUT2D eigenvalue weighted by atomic mass is 9.94. The normalized spacial score (nSPS) is 12.0. The van der Waals surface area contributed by atoms with Crippen molar-refractivity contribution in [2.24, 2.45) is 5.73 Å². The van der Waals surface area contributed by atoms with Crippen molar-refractivity contribution in [1.82, 2.24) is 4.98 Å². The van der Waals surface area contributed by atoms with Crippen LogP contribution in [0.3, 0.4) is 0 Å². The number of fused-ring (bicyclic) bond motifs is 1. The highest BCUT2D eigenvalue weighted by Gasteiger charge is 2.23. The summed E-state index contributed by atoms with van der Waals surface area (Å²) >= 11 is 0. The maximum atomic E-state index is 11.9. The summed E-state index contributed by atoms with van der Waals surface area (Å²) in [5.74, 6) is 0.482. The minimum atomic E-state index is -0.872. The van der Waals surface area contributed by atoms with Gasteiger partial charge in [-0.2, -0.15) is 0 Å². The number of carbonyl (C=O) groups is 1. The van der Waals surface area contributed by atoms with E-state index in [-0.39, 0.29) is 5.78 Å². The molecule has 1 aromatic heterocycles. The zero-order chi connectivity index (χ0) is 11.9. The van der Waals surface area contributed by atoms with E-state index in [1.54, 1.807) is 39.0 Å². The van der Waals surface area contributed by atoms with Crippen molar-refractivity contribution in [2.75, 3.05) is 0 Å². The van der Waals surface area contributed by atoms with Crippen LogP contribution in [0.5, 0.6) is 0 Å². The highest BCUT2D eigenvalue weighted by molar-refractivity contribution is 6.04. The van der Waals surface area contributed by atoms with Gasteiger partial charge in [0.05, 0.1) is 5.54 Å². The minimum Gasteiger partial charge on any atom is -0.441 e. The molecule has 1 aromatic carbocycles. The van der Waals surface area contributed by atoms with Crippen LogP contribution < -0.4 is 5.73 Å². The summed E-state index contributed by atoms with van der Waals surface area (Å²) in [5, 5.41) is 0. The Morgan fingerprint density at radius 2 is 2.12 bits per heavy atom. The molecule has 1 heterocycles. The monoisotopic (exact) mass is 218 g/mol. The van der Waals surface area contributed by atoms with E-state index < -0.39 is 5.54 Å². The number of aromatic nitrogens is 1. The third-order valence-corrected chi connectivity index (χ3v) is 2.34. The van der Waals surface area contributed by atoms with Crippen molar-refractivity contribution in [3.8, 4) is 0 Å². The molecule has 0 saturated heterocycles. The average Bonchev–Trinajstić information content (AvgIpc) is 2.54. The number of nitrogens with two attached hydrogens (primary N) is 1. The molecule has 0 unspecified atom stereocenters. The minimum absolute atomic E-state index is 0.108. The predicted octanol–water partition coefficient (Wildman–Crippen LogP) is 2.06. The van der Waals surface area contributed by atoms with Crippen molar-refractivity contribution >= 4 is 16.9 Å². The van der Waals surface area contributed by atoms with E-state index >= 15 is 0 Å². The second-order valence-electron chi connectivity index (χ2n) is 4.47. The molecule has 2 N–H and O–H groups in total. The van der Waals surface area contributed by atoms with Crippen LogP contribution in [0.25, 0.3) is 11.1 Å². The fourth-order valence-electron chi connectivity index (χ4n) is 1.55. The maximum absolute atomic E-state index is 11.9. The van der Waals surface area contributed by atoms with Gasteiger partial charge in [0.2, 0.25) is 0 Å². The number of nitrogens with zero attached hydrogens (tertiary/aromatic N) is 1. The summed E-state index contributed by atoms with van der Waals surface area (Å²) in [7, 11) is 0. The Bertz CT molecular complexity index is 550. The van der Waals surface area contributed by atoms with E-state index in [1.807, 2.05) is 0 Å². The highest BCUT2D eigenvalue weighted by Crippen LogP contribution is 2.19. The first-order chi connectivity index (χ1) is 7.38. The molecular formula is C12H14N2O2. The molecule has 16 heavy (non-hydrogen) atoms. The van der Waals surface area contributed by atoms with E-state index in [2.05, 4.69) is 4.98 Å². The van der Waals surface area contributed by atoms with Crippen LogP contribution in [-0.2, 0) is 0 Å². The Morgan fingerprint density at radius 3 is 2.75 bits per heavy atom. The summed E-state index contributed by atoms with van der Waals surface area (Å²) < 4.78 is 5.37. The summed E-state index contributed by atoms with van der Waals surface area (Å²) in [4.78, 5) is 16.1. The van der Waals surface area contributed by atoms with Crippen molar-refractivity contribution < 1.29 is 9.21 Å². The molecule has 0 fully saturated rings. The Morgan fingerprint density at radius 1 is 1.44 bits per heavy atom. The molecule has 0 spiro atoms. The van der Waals surface area contributed by atoms with Gasteiger partial charge in [0.15, 0.2) is 17.3 Å². The van der Waals surface area contributed by atoms with Gasteiger partial charge in [-0.05, 0) is 32.0 Å². The molecule has 0 amide bonds. The quantitative estimate of drug-likeness (QED) is 0.783. The molecule has 0 radical (unpaired) electrons. The first-order valence-electron chi connectivity index (χ1n) is 5.09. The smallest absolute Gasteiger partial charge is 0.192 e. The Balaban J connectivity index is 2.51. The van der Waals surface area contributed by atoms with E-state index in [0.717, 1.165) is 5.52 Å². The van der Waals surface area contributed by atoms with Gasteiger partial charge in [0.25, 0.3) is 0 Å². The molecule has 2 aromatic rings. The van der Waals surface area contributed by atoms with Crippen molar-refractivity contribution in [3.05, 3.63) is 29.7 Å². The van der Waals surface area contributed by atoms with Crippen LogP contribution in [0, 0.1) is 6.92 Å². The average molecular weight is 218 g/mol. The van der Waals surface area contributed by atoms with Crippen molar-refractivity contribution in [2.45, 2.75) is 26.3 Å². The predicted molar refractivity (Wildman–Crippen MR) is 61.3 cm³/mol. The number of hydrogen-bond donors (Lipinski definition) is 1. The Kier molecular flexibility index (Phi) is 2.31. The zero-order valence-corrected chi connectivity index (χ0v) is 9.57. The van der Waals surface area contributed by atoms with Crippen molar-refractivity contribution in [3.63, 3.8) is 0 Å². The SMILES string of the molecule is Cc1nc2ccc(C(=O)C(C)(C)N)cc2o1. The van der Waals surface area contributed by atoms with Gasteiger partial charge in [-0.1, -0.05) is 0 Å². The molecule has 0 aliphatic carbocycles. The molecular weight excluding hydrogens is 204 g/mol. The number of Topliss-reactive ketones (excluding diaryl/α,β-unsaturated/α-hetero) is 1. The number of benzene rings is 1. The van der Waals surface area contributed by atoms with E-state index in [1.165, 1.54) is 0 Å². The van der Waals surface area contributed by atoms with Crippen LogP contribution in [0.2, 0.25) is 0 Å². The van der Waals surface area contributed by atoms with Crippen LogP contribution in [-0.4, -0.2) is 16.3 Å². The largest absolute Gasteiger partial charge is 0.441 e. The van der Waals surface area contributed by atoms with E-state index in [4.69, 9.17) is 10.2 Å². The molecule has 0 saturated carbocycles. The molecule has 4 nitrogen and oxygen atoms in total. The van der Waals surface area contributed by atoms with Crippen molar-refractivity contribution in [1.29, 1.82) is 0 Å². The van der Waals surface area contributed by atoms with Gasteiger partial charge < -0.3 is 10.2 Å². The first-order valence-corrected chi connectivity index (χ1v) is 5.09. The maximum Gasteiger partial charge on any atom is 0.192 e. The Labute approximate surface area is 93.5 Å². The third-order valence-electron chi connectivity index (χ3n) is 2.34. The molecule has 2 rings (SSSR count). The zero-order valence-electron chi connectivity index (χ0n) is 9.57. The lowest BCUT2D eigenvalue weighted by Gasteiger charge is -2.16. The van der Waals surface area contributed by atoms with Gasteiger partial charge in [0.1, 0.15) is 5.52 Å². The molecule has 0 aliphatic heterocycles. The second kappa shape index (κ2) is 3.42. The second-order valence-corrected chi connectivity index (χ2v) is 4.47. The first kappa shape index (κ1) is 10.8. The number of rotatable bonds is 2. The number of oxazole rings is 1. The molecule has 4 heteroatoms. The van der Waals surface area contributed by atoms with Gasteiger partial charge in [-0.25, -0.2) is 4.98 Å². The number of hydrogen-bond acceptors (Lipinski definition) is 4. The third kappa shape index (κ3) is 1.84. The van der Waals surface area contributed by atoms with Crippen LogP contribution in [0.15, 0.2) is 22.6 Å². The molecule has 84 valence electrons. The Hall–Kier alpha value is -1.68. The van der Waals surface area contributed by atoms with Gasteiger partial charge >= 0.3 is 0 Å². The summed E-state index contributed by atoms with van der Waals surface area (Å²) in [6.45, 7) is 5.14. The fourth-order valence-corrected chi connectivity index (χ4v) is 1.55. The fraction of sp³-hybridized carbons (Fsp3) is 0.333.